The van der Waals surface area contributed by atoms with Crippen LogP contribution in [0.15, 0.2) is 18.2 Å². The largest absolute Gasteiger partial charge is 0.379 e. The monoisotopic (exact) mass is 362 g/mol. The van der Waals surface area contributed by atoms with Crippen molar-refractivity contribution in [2.45, 2.75) is 59.0 Å². The second-order valence-electron chi connectivity index (χ2n) is 7.33. The minimum absolute atomic E-state index is 0.0176. The van der Waals surface area contributed by atoms with Gasteiger partial charge in [-0.05, 0) is 55.8 Å². The zero-order valence-corrected chi connectivity index (χ0v) is 16.3. The Hall–Kier alpha value is -1.43. The number of hydrogen-bond donors (Lipinski definition) is 2. The fourth-order valence-corrected chi connectivity index (χ4v) is 3.71. The van der Waals surface area contributed by atoms with E-state index in [0.717, 1.165) is 29.7 Å². The minimum atomic E-state index is -0.0176. The van der Waals surface area contributed by atoms with E-state index < -0.39 is 0 Å². The van der Waals surface area contributed by atoms with Gasteiger partial charge in [-0.15, -0.1) is 0 Å². The Morgan fingerprint density at radius 1 is 1.19 bits per heavy atom. The molecule has 1 aromatic rings. The molecule has 3 N–H and O–H groups in total. The number of carbonyl (C=O) groups is 1. The summed E-state index contributed by atoms with van der Waals surface area (Å²) in [7, 11) is 0. The third-order valence-electron chi connectivity index (χ3n) is 5.44. The SMILES string of the molecule is CCOCCOCc1cccc(NC(=O)CC2(CN)CCCCC2)c1C. The lowest BCUT2D eigenvalue weighted by molar-refractivity contribution is -0.118. The Labute approximate surface area is 157 Å². The van der Waals surface area contributed by atoms with Crippen molar-refractivity contribution in [3.63, 3.8) is 0 Å². The molecule has 0 bridgehead atoms. The summed E-state index contributed by atoms with van der Waals surface area (Å²) < 4.78 is 10.9. The molecule has 1 amide bonds. The van der Waals surface area contributed by atoms with E-state index >= 15 is 0 Å². The van der Waals surface area contributed by atoms with Gasteiger partial charge < -0.3 is 20.5 Å². The van der Waals surface area contributed by atoms with Crippen LogP contribution >= 0.6 is 0 Å². The van der Waals surface area contributed by atoms with E-state index in [2.05, 4.69) is 5.32 Å². The first kappa shape index (κ1) is 20.9. The molecule has 5 nitrogen and oxygen atoms in total. The van der Waals surface area contributed by atoms with Crippen LogP contribution in [0.5, 0.6) is 0 Å². The summed E-state index contributed by atoms with van der Waals surface area (Å²) in [5, 5.41) is 3.09. The average molecular weight is 363 g/mol. The smallest absolute Gasteiger partial charge is 0.224 e. The van der Waals surface area contributed by atoms with Crippen molar-refractivity contribution in [3.8, 4) is 0 Å². The Kier molecular flexibility index (Phi) is 8.55. The second-order valence-corrected chi connectivity index (χ2v) is 7.33. The molecule has 1 aliphatic carbocycles. The predicted octanol–water partition coefficient (Wildman–Crippen LogP) is 3.79. The summed E-state index contributed by atoms with van der Waals surface area (Å²) in [6, 6.07) is 5.95. The number of benzene rings is 1. The minimum Gasteiger partial charge on any atom is -0.379 e. The van der Waals surface area contributed by atoms with Gasteiger partial charge in [-0.3, -0.25) is 4.79 Å². The van der Waals surface area contributed by atoms with Gasteiger partial charge in [-0.2, -0.15) is 0 Å². The van der Waals surface area contributed by atoms with Crippen LogP contribution in [0.3, 0.4) is 0 Å². The number of rotatable bonds is 10. The van der Waals surface area contributed by atoms with Gasteiger partial charge >= 0.3 is 0 Å². The van der Waals surface area contributed by atoms with E-state index in [-0.39, 0.29) is 11.3 Å². The Morgan fingerprint density at radius 3 is 2.62 bits per heavy atom. The highest BCUT2D eigenvalue weighted by Crippen LogP contribution is 2.38. The zero-order valence-electron chi connectivity index (χ0n) is 16.3. The van der Waals surface area contributed by atoms with Gasteiger partial charge in [0.1, 0.15) is 0 Å². The van der Waals surface area contributed by atoms with E-state index in [0.29, 0.717) is 39.4 Å². The standard InChI is InChI=1S/C21H34N2O3/c1-3-25-12-13-26-15-18-8-7-9-19(17(18)2)23-20(24)14-21(16-22)10-5-4-6-11-21/h7-9H,3-6,10-16,22H2,1-2H3,(H,23,24). The van der Waals surface area contributed by atoms with Crippen LogP contribution < -0.4 is 11.1 Å². The molecule has 1 saturated carbocycles. The average Bonchev–Trinajstić information content (AvgIpc) is 2.65. The number of nitrogens with two attached hydrogens (primary N) is 1. The van der Waals surface area contributed by atoms with Gasteiger partial charge in [0, 0.05) is 18.7 Å². The molecule has 0 unspecified atom stereocenters. The highest BCUT2D eigenvalue weighted by molar-refractivity contribution is 5.92. The van der Waals surface area contributed by atoms with Gasteiger partial charge in [-0.1, -0.05) is 31.4 Å². The normalized spacial score (nSPS) is 16.4. The van der Waals surface area contributed by atoms with Crippen LogP contribution in [0, 0.1) is 12.3 Å². The predicted molar refractivity (Wildman–Crippen MR) is 105 cm³/mol. The van der Waals surface area contributed by atoms with Crippen molar-refractivity contribution >= 4 is 11.6 Å². The maximum atomic E-state index is 12.6. The molecule has 5 heteroatoms. The summed E-state index contributed by atoms with van der Waals surface area (Å²) in [6.45, 7) is 6.99. The fraction of sp³-hybridized carbons (Fsp3) is 0.667. The number of amides is 1. The van der Waals surface area contributed by atoms with Gasteiger partial charge in [-0.25, -0.2) is 0 Å². The number of nitrogens with one attached hydrogen (secondary N) is 1. The summed E-state index contributed by atoms with van der Waals surface area (Å²) in [5.41, 5.74) is 9.01. The summed E-state index contributed by atoms with van der Waals surface area (Å²) >= 11 is 0. The van der Waals surface area contributed by atoms with Crippen LogP contribution in [-0.4, -0.2) is 32.3 Å². The number of ether oxygens (including phenoxy) is 2. The van der Waals surface area contributed by atoms with Crippen molar-refractivity contribution in [3.05, 3.63) is 29.3 Å². The zero-order chi connectivity index (χ0) is 18.8. The number of hydrogen-bond acceptors (Lipinski definition) is 4. The Balaban J connectivity index is 1.91. The summed E-state index contributed by atoms with van der Waals surface area (Å²) in [5.74, 6) is 0.0647. The second kappa shape index (κ2) is 10.7. The lowest BCUT2D eigenvalue weighted by atomic mass is 9.71. The molecule has 146 valence electrons. The molecule has 0 spiro atoms. The van der Waals surface area contributed by atoms with Gasteiger partial charge in [0.15, 0.2) is 0 Å². The van der Waals surface area contributed by atoms with Crippen molar-refractivity contribution in [2.24, 2.45) is 11.1 Å². The third-order valence-corrected chi connectivity index (χ3v) is 5.44. The van der Waals surface area contributed by atoms with Crippen LogP contribution in [0.25, 0.3) is 0 Å². The van der Waals surface area contributed by atoms with E-state index in [1.165, 1.54) is 19.3 Å². The molecule has 1 fully saturated rings. The molecule has 0 atom stereocenters. The summed E-state index contributed by atoms with van der Waals surface area (Å²) in [6.07, 6.45) is 6.25. The molecular formula is C21H34N2O3. The maximum absolute atomic E-state index is 12.6. The first-order chi connectivity index (χ1) is 12.6. The quantitative estimate of drug-likeness (QED) is 0.621. The van der Waals surface area contributed by atoms with E-state index in [4.69, 9.17) is 15.2 Å². The van der Waals surface area contributed by atoms with Crippen molar-refractivity contribution in [1.29, 1.82) is 0 Å². The Bertz CT molecular complexity index is 568. The topological polar surface area (TPSA) is 73.6 Å². The molecule has 0 heterocycles. The highest BCUT2D eigenvalue weighted by atomic mass is 16.5. The van der Waals surface area contributed by atoms with Gasteiger partial charge in [0.2, 0.25) is 5.91 Å². The maximum Gasteiger partial charge on any atom is 0.224 e. The van der Waals surface area contributed by atoms with Gasteiger partial charge in [0.25, 0.3) is 0 Å². The third kappa shape index (κ3) is 6.08. The van der Waals surface area contributed by atoms with E-state index in [9.17, 15) is 4.79 Å². The van der Waals surface area contributed by atoms with Crippen LogP contribution in [0.2, 0.25) is 0 Å². The van der Waals surface area contributed by atoms with E-state index in [1.807, 2.05) is 32.0 Å². The first-order valence-corrected chi connectivity index (χ1v) is 9.84. The lowest BCUT2D eigenvalue weighted by Crippen LogP contribution is -2.36. The van der Waals surface area contributed by atoms with Crippen molar-refractivity contribution in [1.82, 2.24) is 0 Å². The molecule has 0 aliphatic heterocycles. The molecule has 0 saturated heterocycles. The van der Waals surface area contributed by atoms with Crippen molar-refractivity contribution in [2.75, 3.05) is 31.7 Å². The van der Waals surface area contributed by atoms with Crippen molar-refractivity contribution < 1.29 is 14.3 Å². The van der Waals surface area contributed by atoms with Crippen LogP contribution in [-0.2, 0) is 20.9 Å². The molecular weight excluding hydrogens is 328 g/mol. The number of anilines is 1. The molecule has 0 aromatic heterocycles. The Morgan fingerprint density at radius 2 is 1.92 bits per heavy atom. The van der Waals surface area contributed by atoms with Gasteiger partial charge in [0.05, 0.1) is 19.8 Å². The lowest BCUT2D eigenvalue weighted by Gasteiger charge is -2.35. The van der Waals surface area contributed by atoms with Crippen LogP contribution in [0.1, 0.15) is 56.6 Å². The molecule has 0 radical (unpaired) electrons. The highest BCUT2D eigenvalue weighted by Gasteiger charge is 2.33. The molecule has 1 aromatic carbocycles. The number of carbonyl (C=O) groups excluding carboxylic acids is 1. The molecule has 2 rings (SSSR count). The first-order valence-electron chi connectivity index (χ1n) is 9.84. The van der Waals surface area contributed by atoms with Crippen LogP contribution in [0.4, 0.5) is 5.69 Å². The van der Waals surface area contributed by atoms with E-state index in [1.54, 1.807) is 0 Å². The molecule has 26 heavy (non-hydrogen) atoms. The molecule has 1 aliphatic rings. The fourth-order valence-electron chi connectivity index (χ4n) is 3.71. The summed E-state index contributed by atoms with van der Waals surface area (Å²) in [4.78, 5) is 12.6.